The van der Waals surface area contributed by atoms with Gasteiger partial charge in [-0.1, -0.05) is 54.6 Å². The number of nitrogens with zero attached hydrogens (tertiary/aromatic N) is 2. The molecule has 10 heteroatoms. The van der Waals surface area contributed by atoms with Crippen molar-refractivity contribution in [3.05, 3.63) is 60.2 Å². The molecule has 4 heterocycles. The molecule has 0 bridgehead atoms. The first-order valence-electron chi connectivity index (χ1n) is 14.6. The Hall–Kier alpha value is -3.50. The van der Waals surface area contributed by atoms with Crippen molar-refractivity contribution in [3.63, 3.8) is 0 Å². The molecule has 1 spiro atoms. The number of carbonyl (C=O) groups excluding carboxylic acids is 4. The smallest absolute Gasteiger partial charge is 0.313 e. The Morgan fingerprint density at radius 1 is 1.05 bits per heavy atom. The molecule has 41 heavy (non-hydrogen) atoms. The van der Waals surface area contributed by atoms with Crippen molar-refractivity contribution in [2.24, 2.45) is 11.8 Å². The fourth-order valence-corrected chi connectivity index (χ4v) is 6.47. The van der Waals surface area contributed by atoms with E-state index in [1.165, 1.54) is 0 Å². The van der Waals surface area contributed by atoms with Crippen LogP contribution in [-0.2, 0) is 35.2 Å². The van der Waals surface area contributed by atoms with Crippen molar-refractivity contribution >= 4 is 23.7 Å². The number of benzene rings is 1. The molecule has 2 fully saturated rings. The van der Waals surface area contributed by atoms with Gasteiger partial charge in [-0.15, -0.1) is 0 Å². The van der Waals surface area contributed by atoms with Crippen LogP contribution in [0.5, 0.6) is 0 Å². The number of esters is 1. The second-order valence-corrected chi connectivity index (χ2v) is 11.3. The number of amides is 3. The Balaban J connectivity index is 1.52. The van der Waals surface area contributed by atoms with E-state index in [0.29, 0.717) is 45.3 Å². The number of rotatable bonds is 7. The Morgan fingerprint density at radius 2 is 1.85 bits per heavy atom. The maximum atomic E-state index is 14.3. The first-order chi connectivity index (χ1) is 19.9. The zero-order chi connectivity index (χ0) is 29.0. The summed E-state index contributed by atoms with van der Waals surface area (Å²) in [6, 6.07) is 8.74. The highest BCUT2D eigenvalue weighted by atomic mass is 16.6. The number of cyclic esters (lactones) is 1. The monoisotopic (exact) mass is 565 g/mol. The molecule has 0 aromatic heterocycles. The van der Waals surface area contributed by atoms with Crippen LogP contribution < -0.4 is 5.32 Å². The standard InChI is InChI=1S/C31H39N3O7/c1-21-19-32-24(36)14-7-6-13-23-25(30(39)40-21)26-28(37)34(17-8-3-9-18-35)27-29(38)33(16-10-15-31(26,27)41-23)20-22-11-4-2-5-12-22/h2,4-6,10-13,15,21,23,25-27,35H,3,7-9,14,16-20H2,1H3,(H,32,36)/b13-6-/t21-,23-,25+,26+,27-,31+/m1/s1. The van der Waals surface area contributed by atoms with E-state index < -0.39 is 41.7 Å². The van der Waals surface area contributed by atoms with Gasteiger partial charge in [-0.3, -0.25) is 19.2 Å². The second kappa shape index (κ2) is 12.6. The molecule has 4 aliphatic rings. The molecule has 0 aliphatic carbocycles. The van der Waals surface area contributed by atoms with E-state index in [2.05, 4.69) is 5.32 Å². The summed E-state index contributed by atoms with van der Waals surface area (Å²) < 4.78 is 12.4. The number of allylic oxidation sites excluding steroid dienone is 1. The van der Waals surface area contributed by atoms with Crippen molar-refractivity contribution < 1.29 is 33.8 Å². The Bertz CT molecular complexity index is 1200. The molecule has 0 saturated carbocycles. The molecule has 1 aromatic rings. The van der Waals surface area contributed by atoms with Crippen LogP contribution in [0.15, 0.2) is 54.6 Å². The number of aliphatic hydroxyl groups is 1. The van der Waals surface area contributed by atoms with Crippen LogP contribution >= 0.6 is 0 Å². The topological polar surface area (TPSA) is 125 Å². The Morgan fingerprint density at radius 3 is 2.63 bits per heavy atom. The van der Waals surface area contributed by atoms with Gasteiger partial charge in [0.1, 0.15) is 23.7 Å². The lowest BCUT2D eigenvalue weighted by Gasteiger charge is -2.35. The lowest BCUT2D eigenvalue weighted by Crippen LogP contribution is -2.55. The van der Waals surface area contributed by atoms with Gasteiger partial charge in [0.05, 0.1) is 18.6 Å². The zero-order valence-electron chi connectivity index (χ0n) is 23.4. The minimum Gasteiger partial charge on any atom is -0.460 e. The molecule has 3 amide bonds. The molecule has 5 rings (SSSR count). The van der Waals surface area contributed by atoms with Crippen molar-refractivity contribution in [2.45, 2.75) is 69.4 Å². The van der Waals surface area contributed by atoms with Gasteiger partial charge >= 0.3 is 5.97 Å². The molecule has 220 valence electrons. The highest BCUT2D eigenvalue weighted by Crippen LogP contribution is 2.53. The zero-order valence-corrected chi connectivity index (χ0v) is 23.4. The number of hydrogen-bond donors (Lipinski definition) is 2. The van der Waals surface area contributed by atoms with Gasteiger partial charge in [-0.05, 0) is 38.2 Å². The molecule has 4 aliphatic heterocycles. The summed E-state index contributed by atoms with van der Waals surface area (Å²) in [6.07, 6.45) is 8.46. The van der Waals surface area contributed by atoms with E-state index in [0.717, 1.165) is 5.56 Å². The first-order valence-corrected chi connectivity index (χ1v) is 14.6. The van der Waals surface area contributed by atoms with Gasteiger partial charge in [0.15, 0.2) is 0 Å². The molecule has 2 saturated heterocycles. The second-order valence-electron chi connectivity index (χ2n) is 11.3. The summed E-state index contributed by atoms with van der Waals surface area (Å²) >= 11 is 0. The number of likely N-dealkylation sites (tertiary alicyclic amines) is 1. The van der Waals surface area contributed by atoms with Gasteiger partial charge in [-0.25, -0.2) is 0 Å². The van der Waals surface area contributed by atoms with Crippen LogP contribution in [0.25, 0.3) is 0 Å². The van der Waals surface area contributed by atoms with E-state index >= 15 is 0 Å². The number of unbranched alkanes of at least 4 members (excludes halogenated alkanes) is 2. The summed E-state index contributed by atoms with van der Waals surface area (Å²) in [4.78, 5) is 57.7. The third-order valence-corrected chi connectivity index (χ3v) is 8.39. The van der Waals surface area contributed by atoms with E-state index in [9.17, 15) is 24.3 Å². The van der Waals surface area contributed by atoms with Crippen LogP contribution in [0.3, 0.4) is 0 Å². The van der Waals surface area contributed by atoms with Gasteiger partial charge < -0.3 is 29.7 Å². The molecule has 0 unspecified atom stereocenters. The molecular formula is C31H39N3O7. The number of nitrogens with one attached hydrogen (secondary N) is 1. The Kier molecular flexibility index (Phi) is 8.89. The molecule has 0 radical (unpaired) electrons. The number of fused-ring (bicyclic) bond motifs is 2. The summed E-state index contributed by atoms with van der Waals surface area (Å²) in [5, 5.41) is 12.0. The fourth-order valence-electron chi connectivity index (χ4n) is 6.47. The minimum atomic E-state index is -1.34. The lowest BCUT2D eigenvalue weighted by molar-refractivity contribution is -0.158. The number of ether oxygens (including phenoxy) is 2. The largest absolute Gasteiger partial charge is 0.460 e. The van der Waals surface area contributed by atoms with Crippen molar-refractivity contribution in [1.82, 2.24) is 15.1 Å². The minimum absolute atomic E-state index is 0.0557. The third kappa shape index (κ3) is 5.81. The maximum absolute atomic E-state index is 14.3. The third-order valence-electron chi connectivity index (χ3n) is 8.39. The molecular weight excluding hydrogens is 526 g/mol. The van der Waals surface area contributed by atoms with Gasteiger partial charge in [0.25, 0.3) is 0 Å². The van der Waals surface area contributed by atoms with Gasteiger partial charge in [0.2, 0.25) is 17.7 Å². The molecule has 6 atom stereocenters. The summed E-state index contributed by atoms with van der Waals surface area (Å²) in [5.41, 5.74) is -0.370. The van der Waals surface area contributed by atoms with Crippen LogP contribution in [0, 0.1) is 11.8 Å². The van der Waals surface area contributed by atoms with E-state index in [1.54, 1.807) is 28.9 Å². The quantitative estimate of drug-likeness (QED) is 0.293. The summed E-state index contributed by atoms with van der Waals surface area (Å²) in [6.45, 7) is 2.96. The van der Waals surface area contributed by atoms with Crippen LogP contribution in [-0.4, -0.2) is 88.7 Å². The van der Waals surface area contributed by atoms with Crippen LogP contribution in [0.4, 0.5) is 0 Å². The average molecular weight is 566 g/mol. The lowest BCUT2D eigenvalue weighted by atomic mass is 9.78. The van der Waals surface area contributed by atoms with Crippen molar-refractivity contribution in [1.29, 1.82) is 0 Å². The predicted molar refractivity (Wildman–Crippen MR) is 149 cm³/mol. The van der Waals surface area contributed by atoms with Crippen LogP contribution in [0.2, 0.25) is 0 Å². The summed E-state index contributed by atoms with van der Waals surface area (Å²) in [5.74, 6) is -3.13. The number of aliphatic hydroxyl groups excluding tert-OH is 1. The average Bonchev–Trinajstić information content (AvgIpc) is 3.34. The molecule has 1 aromatic carbocycles. The number of hydrogen-bond acceptors (Lipinski definition) is 7. The Labute approximate surface area is 240 Å². The van der Waals surface area contributed by atoms with Gasteiger partial charge in [0, 0.05) is 32.7 Å². The first kappa shape index (κ1) is 29.0. The molecule has 10 nitrogen and oxygen atoms in total. The van der Waals surface area contributed by atoms with Gasteiger partial charge in [-0.2, -0.15) is 0 Å². The van der Waals surface area contributed by atoms with E-state index in [-0.39, 0.29) is 37.3 Å². The normalized spacial score (nSPS) is 32.7. The van der Waals surface area contributed by atoms with E-state index in [4.69, 9.17) is 9.47 Å². The maximum Gasteiger partial charge on any atom is 0.313 e. The summed E-state index contributed by atoms with van der Waals surface area (Å²) in [7, 11) is 0. The van der Waals surface area contributed by atoms with Crippen LogP contribution in [0.1, 0.15) is 44.6 Å². The fraction of sp³-hybridized carbons (Fsp3) is 0.548. The predicted octanol–water partition coefficient (Wildman–Crippen LogP) is 1.73. The molecule has 2 N–H and O–H groups in total. The number of carbonyl (C=O) groups is 4. The van der Waals surface area contributed by atoms with Crippen molar-refractivity contribution in [3.8, 4) is 0 Å². The highest BCUT2D eigenvalue weighted by molar-refractivity contribution is 5.99. The highest BCUT2D eigenvalue weighted by Gasteiger charge is 2.71. The SMILES string of the molecule is C[C@@H]1CNC(=O)CC/C=C\[C@H]2O[C@]34C=CCN(Cc5ccccc5)C(=O)[C@H]3N(CCCCCO)C(=O)[C@@H]4[C@H]2C(=O)O1. The van der Waals surface area contributed by atoms with E-state index in [1.807, 2.05) is 42.5 Å². The van der Waals surface area contributed by atoms with Crippen molar-refractivity contribution in [2.75, 3.05) is 26.2 Å².